The maximum absolute atomic E-state index is 13.0. The van der Waals surface area contributed by atoms with Gasteiger partial charge in [-0.2, -0.15) is 0 Å². The van der Waals surface area contributed by atoms with Gasteiger partial charge in [-0.1, -0.05) is 37.0 Å². The van der Waals surface area contributed by atoms with Gasteiger partial charge in [-0.25, -0.2) is 0 Å². The molecule has 1 unspecified atom stereocenters. The number of aromatic nitrogens is 1. The lowest BCUT2D eigenvalue weighted by Gasteiger charge is -2.21. The van der Waals surface area contributed by atoms with Crippen LogP contribution in [0.15, 0.2) is 48.7 Å². The summed E-state index contributed by atoms with van der Waals surface area (Å²) in [4.78, 5) is 16.2. The van der Waals surface area contributed by atoms with Crippen molar-refractivity contribution in [2.45, 2.75) is 45.4 Å². The minimum Gasteiger partial charge on any atom is -0.490 e. The molecule has 2 atom stereocenters. The third kappa shape index (κ3) is 5.46. The van der Waals surface area contributed by atoms with Crippen molar-refractivity contribution in [2.75, 3.05) is 6.61 Å². The number of hydrogen-bond donors (Lipinski definition) is 4. The molecule has 6 heteroatoms. The molecule has 0 bridgehead atoms. The molecular weight excluding hydrogens is 392 g/mol. The number of aliphatic hydroxyl groups is 2. The van der Waals surface area contributed by atoms with Crippen LogP contribution in [0.5, 0.6) is 5.75 Å². The molecule has 1 aromatic heterocycles. The molecule has 3 rings (SSSR count). The zero-order valence-electron chi connectivity index (χ0n) is 18.0. The Kier molecular flexibility index (Phi) is 7.35. The number of amides is 1. The van der Waals surface area contributed by atoms with E-state index in [0.29, 0.717) is 23.3 Å². The van der Waals surface area contributed by atoms with Crippen LogP contribution in [0, 0.1) is 11.8 Å². The number of fused-ring (bicyclic) bond motifs is 1. The summed E-state index contributed by atoms with van der Waals surface area (Å²) in [6.07, 6.45) is 0.998. The highest BCUT2D eigenvalue weighted by molar-refractivity contribution is 5.97. The molecule has 3 aromatic rings. The lowest BCUT2D eigenvalue weighted by molar-refractivity contribution is 0.0723. The molecule has 162 valence electrons. The summed E-state index contributed by atoms with van der Waals surface area (Å²) in [5, 5.41) is 23.4. The highest BCUT2D eigenvalue weighted by Crippen LogP contribution is 2.28. The Bertz CT molecular complexity index is 1110. The number of aliphatic hydroxyl groups excluding tert-OH is 2. The molecule has 0 aliphatic carbocycles. The smallest absolute Gasteiger partial charge is 0.257 e. The van der Waals surface area contributed by atoms with Gasteiger partial charge in [0.25, 0.3) is 5.91 Å². The van der Waals surface area contributed by atoms with Gasteiger partial charge in [0.05, 0.1) is 18.3 Å². The van der Waals surface area contributed by atoms with E-state index < -0.39 is 12.1 Å². The second-order valence-corrected chi connectivity index (χ2v) is 7.65. The molecule has 0 spiro atoms. The molecule has 31 heavy (non-hydrogen) atoms. The van der Waals surface area contributed by atoms with E-state index in [2.05, 4.69) is 22.1 Å². The third-order valence-corrected chi connectivity index (χ3v) is 4.92. The zero-order valence-corrected chi connectivity index (χ0v) is 18.0. The van der Waals surface area contributed by atoms with Gasteiger partial charge < -0.3 is 25.3 Å². The van der Waals surface area contributed by atoms with Gasteiger partial charge in [0.2, 0.25) is 0 Å². The standard InChI is InChI=1S/C25H28N2O4/c1-16(2)31-23-12-11-18(8-6-7-13-28)14-20(23)25(30)27-24(29)17(3)21-15-26-22-10-5-4-9-19(21)22/h4-5,9-12,14-17,24,26,28-29H,7,13H2,1-3H3,(H,27,30)/t17-,24?/m1/s1. The first kappa shape index (κ1) is 22.4. The number of H-pyrrole nitrogens is 1. The number of carbonyl (C=O) groups excluding carboxylic acids is 1. The van der Waals surface area contributed by atoms with Crippen molar-refractivity contribution in [3.63, 3.8) is 0 Å². The van der Waals surface area contributed by atoms with E-state index in [4.69, 9.17) is 9.84 Å². The van der Waals surface area contributed by atoms with E-state index in [1.165, 1.54) is 0 Å². The summed E-state index contributed by atoms with van der Waals surface area (Å²) < 4.78 is 5.78. The van der Waals surface area contributed by atoms with Crippen molar-refractivity contribution in [3.8, 4) is 17.6 Å². The minimum absolute atomic E-state index is 0.0210. The quantitative estimate of drug-likeness (QED) is 0.347. The molecule has 0 saturated heterocycles. The predicted octanol–water partition coefficient (Wildman–Crippen LogP) is 3.54. The Hall–Kier alpha value is -3.27. The fraction of sp³-hybridized carbons (Fsp3) is 0.320. The van der Waals surface area contributed by atoms with E-state index in [1.807, 2.05) is 51.2 Å². The molecule has 6 nitrogen and oxygen atoms in total. The average molecular weight is 421 g/mol. The van der Waals surface area contributed by atoms with E-state index in [1.54, 1.807) is 18.2 Å². The fourth-order valence-corrected chi connectivity index (χ4v) is 3.34. The normalized spacial score (nSPS) is 12.8. The van der Waals surface area contributed by atoms with E-state index in [0.717, 1.165) is 16.5 Å². The number of ether oxygens (including phenoxy) is 1. The lowest BCUT2D eigenvalue weighted by Crippen LogP contribution is -2.38. The van der Waals surface area contributed by atoms with Crippen molar-refractivity contribution in [1.82, 2.24) is 10.3 Å². The van der Waals surface area contributed by atoms with Gasteiger partial charge >= 0.3 is 0 Å². The highest BCUT2D eigenvalue weighted by atomic mass is 16.5. The number of nitrogens with one attached hydrogen (secondary N) is 2. The third-order valence-electron chi connectivity index (χ3n) is 4.92. The second-order valence-electron chi connectivity index (χ2n) is 7.65. The van der Waals surface area contributed by atoms with Crippen LogP contribution in [-0.2, 0) is 0 Å². The Balaban J connectivity index is 1.83. The summed E-state index contributed by atoms with van der Waals surface area (Å²) in [6.45, 7) is 5.60. The van der Waals surface area contributed by atoms with E-state index in [9.17, 15) is 9.90 Å². The topological polar surface area (TPSA) is 94.6 Å². The molecule has 0 aliphatic rings. The molecule has 2 aromatic carbocycles. The van der Waals surface area contributed by atoms with Crippen LogP contribution in [0.4, 0.5) is 0 Å². The van der Waals surface area contributed by atoms with Gasteiger partial charge in [0.1, 0.15) is 12.0 Å². The summed E-state index contributed by atoms with van der Waals surface area (Å²) in [7, 11) is 0. The highest BCUT2D eigenvalue weighted by Gasteiger charge is 2.23. The molecule has 0 saturated carbocycles. The van der Waals surface area contributed by atoms with Crippen molar-refractivity contribution in [2.24, 2.45) is 0 Å². The summed E-state index contributed by atoms with van der Waals surface area (Å²) in [5.41, 5.74) is 2.83. The van der Waals surface area contributed by atoms with Crippen molar-refractivity contribution >= 4 is 16.8 Å². The molecule has 4 N–H and O–H groups in total. The Morgan fingerprint density at radius 2 is 1.97 bits per heavy atom. The van der Waals surface area contributed by atoms with Crippen LogP contribution in [0.25, 0.3) is 10.9 Å². The number of benzene rings is 2. The van der Waals surface area contributed by atoms with E-state index in [-0.39, 0.29) is 18.6 Å². The second kappa shape index (κ2) is 10.2. The largest absolute Gasteiger partial charge is 0.490 e. The number of hydrogen-bond acceptors (Lipinski definition) is 4. The van der Waals surface area contributed by atoms with Gasteiger partial charge in [0, 0.05) is 35.0 Å². The van der Waals surface area contributed by atoms with Gasteiger partial charge in [0.15, 0.2) is 0 Å². The summed E-state index contributed by atoms with van der Waals surface area (Å²) in [5.74, 6) is 5.42. The van der Waals surface area contributed by atoms with Crippen molar-refractivity contribution in [3.05, 3.63) is 65.4 Å². The first-order chi connectivity index (χ1) is 14.9. The maximum atomic E-state index is 13.0. The summed E-state index contributed by atoms with van der Waals surface area (Å²) >= 11 is 0. The van der Waals surface area contributed by atoms with Gasteiger partial charge in [-0.05, 0) is 43.7 Å². The predicted molar refractivity (Wildman–Crippen MR) is 121 cm³/mol. The monoisotopic (exact) mass is 420 g/mol. The average Bonchev–Trinajstić information content (AvgIpc) is 3.18. The first-order valence-electron chi connectivity index (χ1n) is 10.4. The van der Waals surface area contributed by atoms with Crippen LogP contribution in [0.2, 0.25) is 0 Å². The first-order valence-corrected chi connectivity index (χ1v) is 10.4. The summed E-state index contributed by atoms with van der Waals surface area (Å²) in [6, 6.07) is 12.9. The SMILES string of the molecule is CC(C)Oc1ccc(C#CCCO)cc1C(=O)NC(O)[C@H](C)c1c[nH]c2ccccc12. The number of rotatable bonds is 7. The molecule has 1 heterocycles. The van der Waals surface area contributed by atoms with Gasteiger partial charge in [-0.15, -0.1) is 0 Å². The van der Waals surface area contributed by atoms with E-state index >= 15 is 0 Å². The zero-order chi connectivity index (χ0) is 22.4. The molecular formula is C25H28N2O4. The van der Waals surface area contributed by atoms with Crippen LogP contribution in [-0.4, -0.2) is 40.0 Å². The number of aromatic amines is 1. The Labute approximate surface area is 182 Å². The molecule has 0 aliphatic heterocycles. The Morgan fingerprint density at radius 3 is 2.71 bits per heavy atom. The lowest BCUT2D eigenvalue weighted by atomic mass is 9.98. The van der Waals surface area contributed by atoms with Crippen LogP contribution < -0.4 is 10.1 Å². The van der Waals surface area contributed by atoms with Gasteiger partial charge in [-0.3, -0.25) is 4.79 Å². The molecule has 1 amide bonds. The van der Waals surface area contributed by atoms with Crippen LogP contribution in [0.1, 0.15) is 54.6 Å². The van der Waals surface area contributed by atoms with Crippen LogP contribution >= 0.6 is 0 Å². The minimum atomic E-state index is -1.09. The number of para-hydroxylation sites is 1. The molecule has 0 radical (unpaired) electrons. The van der Waals surface area contributed by atoms with Crippen molar-refractivity contribution < 1.29 is 19.7 Å². The number of carbonyl (C=O) groups is 1. The molecule has 0 fully saturated rings. The van der Waals surface area contributed by atoms with Crippen LogP contribution in [0.3, 0.4) is 0 Å². The maximum Gasteiger partial charge on any atom is 0.257 e. The fourth-order valence-electron chi connectivity index (χ4n) is 3.34. The van der Waals surface area contributed by atoms with Crippen molar-refractivity contribution in [1.29, 1.82) is 0 Å². The Morgan fingerprint density at radius 1 is 1.19 bits per heavy atom.